The molecular weight excluding hydrogens is 310 g/mol. The molecule has 0 aliphatic heterocycles. The number of aryl methyl sites for hydroxylation is 1. The second-order valence-corrected chi connectivity index (χ2v) is 7.83. The van der Waals surface area contributed by atoms with Crippen LogP contribution in [0.3, 0.4) is 0 Å². The summed E-state index contributed by atoms with van der Waals surface area (Å²) in [7, 11) is -3.81. The van der Waals surface area contributed by atoms with E-state index in [1.165, 1.54) is 11.3 Å². The van der Waals surface area contributed by atoms with Gasteiger partial charge in [0.05, 0.1) is 0 Å². The summed E-state index contributed by atoms with van der Waals surface area (Å²) in [6.07, 6.45) is -0.0388. The van der Waals surface area contributed by atoms with Gasteiger partial charge in [-0.2, -0.15) is 0 Å². The minimum Gasteiger partial charge on any atom is -0.480 e. The Hall–Kier alpha value is -1.73. The van der Waals surface area contributed by atoms with Crippen LogP contribution in [0.25, 0.3) is 0 Å². The number of carbonyl (C=O) groups is 1. The van der Waals surface area contributed by atoms with Crippen molar-refractivity contribution in [3.8, 4) is 0 Å². The van der Waals surface area contributed by atoms with Crippen molar-refractivity contribution in [2.75, 3.05) is 0 Å². The van der Waals surface area contributed by atoms with Crippen LogP contribution in [0.5, 0.6) is 0 Å². The highest BCUT2D eigenvalue weighted by atomic mass is 32.2. The maximum Gasteiger partial charge on any atom is 0.322 e. The molecule has 1 unspecified atom stereocenters. The molecule has 5 nitrogen and oxygen atoms in total. The lowest BCUT2D eigenvalue weighted by atomic mass is 10.1. The zero-order valence-corrected chi connectivity index (χ0v) is 13.0. The molecule has 0 radical (unpaired) electrons. The van der Waals surface area contributed by atoms with Crippen molar-refractivity contribution in [2.45, 2.75) is 24.3 Å². The monoisotopic (exact) mass is 325 g/mol. The van der Waals surface area contributed by atoms with Gasteiger partial charge in [-0.1, -0.05) is 30.3 Å². The minimum atomic E-state index is -3.81. The van der Waals surface area contributed by atoms with Crippen molar-refractivity contribution in [1.29, 1.82) is 0 Å². The molecule has 7 heteroatoms. The van der Waals surface area contributed by atoms with Gasteiger partial charge in [0.15, 0.2) is 15.1 Å². The van der Waals surface area contributed by atoms with Gasteiger partial charge < -0.3 is 5.11 Å². The molecule has 0 aliphatic carbocycles. The predicted octanol–water partition coefficient (Wildman–Crippen LogP) is 2.06. The molecule has 0 aliphatic rings. The van der Waals surface area contributed by atoms with Crippen molar-refractivity contribution >= 4 is 27.1 Å². The molecule has 0 fully saturated rings. The fourth-order valence-corrected chi connectivity index (χ4v) is 4.62. The Balaban J connectivity index is 2.22. The molecule has 1 aromatic carbocycles. The van der Waals surface area contributed by atoms with Gasteiger partial charge >= 0.3 is 5.97 Å². The molecule has 0 saturated carbocycles. The van der Waals surface area contributed by atoms with E-state index >= 15 is 0 Å². The van der Waals surface area contributed by atoms with E-state index < -0.39 is 21.1 Å². The van der Waals surface area contributed by atoms with E-state index in [4.69, 9.17) is 0 Å². The summed E-state index contributed by atoms with van der Waals surface area (Å²) < 4.78 is 24.7. The number of rotatable bonds is 6. The fourth-order valence-electron chi connectivity index (χ4n) is 1.94. The lowest BCUT2D eigenvalue weighted by Crippen LogP contribution is -2.33. The second-order valence-electron chi connectivity index (χ2n) is 4.71. The number of sulfone groups is 1. The molecule has 0 bridgehead atoms. The lowest BCUT2D eigenvalue weighted by Gasteiger charge is -2.12. The third kappa shape index (κ3) is 4.12. The van der Waals surface area contributed by atoms with Crippen LogP contribution in [-0.2, 0) is 26.8 Å². The van der Waals surface area contributed by atoms with Crippen molar-refractivity contribution in [2.24, 2.45) is 0 Å². The molecule has 0 spiro atoms. The van der Waals surface area contributed by atoms with Crippen LogP contribution in [-0.4, -0.2) is 29.7 Å². The highest BCUT2D eigenvalue weighted by Gasteiger charge is 2.33. The highest BCUT2D eigenvalue weighted by Crippen LogP contribution is 2.18. The second kappa shape index (κ2) is 6.36. The van der Waals surface area contributed by atoms with Gasteiger partial charge in [-0.05, 0) is 18.9 Å². The molecule has 1 N–H and O–H groups in total. The summed E-state index contributed by atoms with van der Waals surface area (Å²) in [5.41, 5.74) is 1.42. The summed E-state index contributed by atoms with van der Waals surface area (Å²) in [6, 6.07) is 8.75. The number of thiazole rings is 1. The number of hydrogen-bond donors (Lipinski definition) is 1. The van der Waals surface area contributed by atoms with Crippen molar-refractivity contribution in [1.82, 2.24) is 4.98 Å². The zero-order valence-electron chi connectivity index (χ0n) is 11.4. The van der Waals surface area contributed by atoms with Crippen LogP contribution in [0.4, 0.5) is 0 Å². The van der Waals surface area contributed by atoms with E-state index in [1.54, 1.807) is 42.6 Å². The molecular formula is C14H15NO4S2. The normalized spacial score (nSPS) is 13.0. The maximum absolute atomic E-state index is 12.3. The van der Waals surface area contributed by atoms with Gasteiger partial charge in [0, 0.05) is 11.1 Å². The predicted molar refractivity (Wildman–Crippen MR) is 81.0 cm³/mol. The van der Waals surface area contributed by atoms with Crippen LogP contribution >= 0.6 is 11.3 Å². The van der Waals surface area contributed by atoms with Crippen LogP contribution < -0.4 is 0 Å². The Kier molecular flexibility index (Phi) is 4.74. The number of hydrogen-bond acceptors (Lipinski definition) is 5. The first-order chi connectivity index (χ1) is 9.88. The maximum atomic E-state index is 12.3. The van der Waals surface area contributed by atoms with Gasteiger partial charge in [0.1, 0.15) is 10.8 Å². The molecule has 1 atom stereocenters. The largest absolute Gasteiger partial charge is 0.480 e. The molecule has 112 valence electrons. The Morgan fingerprint density at radius 1 is 1.33 bits per heavy atom. The molecule has 1 heterocycles. The van der Waals surface area contributed by atoms with Gasteiger partial charge in [-0.3, -0.25) is 4.79 Å². The van der Waals surface area contributed by atoms with Crippen molar-refractivity contribution < 1.29 is 18.3 Å². The number of carboxylic acids is 1. The van der Waals surface area contributed by atoms with Crippen LogP contribution in [0, 0.1) is 6.92 Å². The Morgan fingerprint density at radius 3 is 2.52 bits per heavy atom. The van der Waals surface area contributed by atoms with E-state index in [0.29, 0.717) is 10.6 Å². The fraction of sp³-hybridized carbons (Fsp3) is 0.286. The van der Waals surface area contributed by atoms with E-state index in [9.17, 15) is 18.3 Å². The van der Waals surface area contributed by atoms with Gasteiger partial charge in [-0.25, -0.2) is 13.4 Å². The van der Waals surface area contributed by atoms with Gasteiger partial charge in [-0.15, -0.1) is 11.3 Å². The molecule has 2 rings (SSSR count). The zero-order chi connectivity index (χ0) is 15.5. The van der Waals surface area contributed by atoms with Crippen LogP contribution in [0.15, 0.2) is 35.7 Å². The Labute approximate surface area is 127 Å². The molecule has 0 amide bonds. The molecule has 1 aromatic heterocycles. The average molecular weight is 325 g/mol. The number of nitrogens with zero attached hydrogens (tertiary/aromatic N) is 1. The number of carboxylic acid groups (broad SMARTS) is 1. The standard InChI is InChI=1S/C14H15NO4S2/c1-10-8-20-13(15-10)9-21(18,19)12(14(16)17)7-11-5-3-2-4-6-11/h2-6,8,12H,7,9H2,1H3,(H,16,17). The summed E-state index contributed by atoms with van der Waals surface area (Å²) in [5.74, 6) is -1.66. The summed E-state index contributed by atoms with van der Waals surface area (Å²) in [4.78, 5) is 15.4. The third-order valence-electron chi connectivity index (χ3n) is 2.96. The first kappa shape index (κ1) is 15.7. The molecule has 2 aromatic rings. The SMILES string of the molecule is Cc1csc(CS(=O)(=O)C(Cc2ccccc2)C(=O)O)n1. The lowest BCUT2D eigenvalue weighted by molar-refractivity contribution is -0.136. The van der Waals surface area contributed by atoms with E-state index in [-0.39, 0.29) is 12.2 Å². The number of benzene rings is 1. The van der Waals surface area contributed by atoms with Gasteiger partial charge in [0.25, 0.3) is 0 Å². The smallest absolute Gasteiger partial charge is 0.322 e. The molecule has 0 saturated heterocycles. The van der Waals surface area contributed by atoms with E-state index in [0.717, 1.165) is 5.69 Å². The van der Waals surface area contributed by atoms with Crippen LogP contribution in [0.1, 0.15) is 16.3 Å². The quantitative estimate of drug-likeness (QED) is 0.879. The van der Waals surface area contributed by atoms with Crippen molar-refractivity contribution in [3.63, 3.8) is 0 Å². The summed E-state index contributed by atoms with van der Waals surface area (Å²) >= 11 is 1.23. The van der Waals surface area contributed by atoms with Crippen LogP contribution in [0.2, 0.25) is 0 Å². The van der Waals surface area contributed by atoms with E-state index in [2.05, 4.69) is 4.98 Å². The van der Waals surface area contributed by atoms with E-state index in [1.807, 2.05) is 0 Å². The third-order valence-corrected chi connectivity index (χ3v) is 6.02. The van der Waals surface area contributed by atoms with Crippen molar-refractivity contribution in [3.05, 3.63) is 52.0 Å². The van der Waals surface area contributed by atoms with Gasteiger partial charge in [0.2, 0.25) is 0 Å². The Bertz CT molecular complexity index is 722. The minimum absolute atomic E-state index is 0.0388. The highest BCUT2D eigenvalue weighted by molar-refractivity contribution is 7.92. The molecule has 21 heavy (non-hydrogen) atoms. The summed E-state index contributed by atoms with van der Waals surface area (Å²) in [6.45, 7) is 1.77. The number of aromatic nitrogens is 1. The summed E-state index contributed by atoms with van der Waals surface area (Å²) in [5, 5.41) is 9.97. The topological polar surface area (TPSA) is 84.3 Å². The Morgan fingerprint density at radius 2 is 2.00 bits per heavy atom. The number of aliphatic carboxylic acids is 1. The first-order valence-corrected chi connectivity index (χ1v) is 8.87. The average Bonchev–Trinajstić information content (AvgIpc) is 2.81. The first-order valence-electron chi connectivity index (χ1n) is 6.28.